The van der Waals surface area contributed by atoms with Crippen LogP contribution in [0, 0.1) is 3.57 Å². The molecular formula is C24H23IN2O4. The van der Waals surface area contributed by atoms with Gasteiger partial charge in [-0.15, -0.1) is 0 Å². The Hall–Kier alpha value is -2.62. The van der Waals surface area contributed by atoms with Gasteiger partial charge in [-0.2, -0.15) is 0 Å². The molecule has 0 unspecified atom stereocenters. The van der Waals surface area contributed by atoms with Crippen LogP contribution in [-0.2, 0) is 16.2 Å². The van der Waals surface area contributed by atoms with Gasteiger partial charge in [-0.1, -0.05) is 30.3 Å². The Balaban J connectivity index is 1.94. The van der Waals surface area contributed by atoms with Crippen LogP contribution >= 0.6 is 22.6 Å². The van der Waals surface area contributed by atoms with E-state index in [1.54, 1.807) is 26.2 Å². The van der Waals surface area contributed by atoms with Gasteiger partial charge in [0.1, 0.15) is 19.2 Å². The number of amides is 1. The van der Waals surface area contributed by atoms with Gasteiger partial charge in [-0.3, -0.25) is 9.69 Å². The number of halogens is 1. The zero-order valence-electron chi connectivity index (χ0n) is 17.6. The molecule has 0 bridgehead atoms. The maximum atomic E-state index is 13.7. The summed E-state index contributed by atoms with van der Waals surface area (Å²) in [6.45, 7) is 0.532. The maximum Gasteiger partial charge on any atom is 0.263 e. The molecule has 0 spiro atoms. The molecule has 0 aliphatic carbocycles. The number of carbonyl (C=O) groups excluding carboxylic acids is 1. The predicted molar refractivity (Wildman–Crippen MR) is 131 cm³/mol. The van der Waals surface area contributed by atoms with E-state index < -0.39 is 0 Å². The number of para-hydroxylation sites is 2. The number of anilines is 1. The predicted octanol–water partition coefficient (Wildman–Crippen LogP) is 5.26. The van der Waals surface area contributed by atoms with Crippen LogP contribution in [-0.4, -0.2) is 38.5 Å². The number of benzene rings is 3. The highest BCUT2D eigenvalue weighted by Gasteiger charge is 2.26. The maximum absolute atomic E-state index is 13.7. The summed E-state index contributed by atoms with van der Waals surface area (Å²) in [5, 5.41) is 1.90. The van der Waals surface area contributed by atoms with Gasteiger partial charge in [0.15, 0.2) is 0 Å². The molecule has 31 heavy (non-hydrogen) atoms. The number of rotatable bonds is 7. The highest BCUT2D eigenvalue weighted by molar-refractivity contribution is 14.1. The normalized spacial score (nSPS) is 11.2. The number of ether oxygens (including phenoxy) is 3. The van der Waals surface area contributed by atoms with Gasteiger partial charge in [0.25, 0.3) is 5.91 Å². The van der Waals surface area contributed by atoms with E-state index in [9.17, 15) is 4.79 Å². The molecule has 0 aliphatic heterocycles. The van der Waals surface area contributed by atoms with E-state index in [0.717, 1.165) is 31.1 Å². The van der Waals surface area contributed by atoms with Crippen molar-refractivity contribution in [3.05, 3.63) is 69.8 Å². The number of aromatic nitrogens is 1. The van der Waals surface area contributed by atoms with Crippen LogP contribution in [0.5, 0.6) is 5.75 Å². The van der Waals surface area contributed by atoms with Crippen molar-refractivity contribution in [1.82, 2.24) is 4.57 Å². The third kappa shape index (κ3) is 3.77. The van der Waals surface area contributed by atoms with E-state index in [2.05, 4.69) is 27.2 Å². The molecule has 0 saturated carbocycles. The van der Waals surface area contributed by atoms with Crippen molar-refractivity contribution < 1.29 is 19.0 Å². The Morgan fingerprint density at radius 3 is 2.39 bits per heavy atom. The second kappa shape index (κ2) is 9.25. The monoisotopic (exact) mass is 530 g/mol. The van der Waals surface area contributed by atoms with Crippen LogP contribution < -0.4 is 9.64 Å². The van der Waals surface area contributed by atoms with Gasteiger partial charge in [-0.05, 0) is 52.9 Å². The number of nitrogens with zero attached hydrogens (tertiary/aromatic N) is 2. The lowest BCUT2D eigenvalue weighted by Gasteiger charge is -2.24. The summed E-state index contributed by atoms with van der Waals surface area (Å²) >= 11 is 2.23. The Labute approximate surface area is 194 Å². The quantitative estimate of drug-likeness (QED) is 0.242. The first-order valence-corrected chi connectivity index (χ1v) is 10.8. The molecule has 0 N–H and O–H groups in total. The molecule has 0 atom stereocenters. The molecule has 0 radical (unpaired) electrons. The fraction of sp³-hybridized carbons (Fsp3) is 0.208. The topological polar surface area (TPSA) is 52.9 Å². The lowest BCUT2D eigenvalue weighted by atomic mass is 10.1. The summed E-state index contributed by atoms with van der Waals surface area (Å²) in [4.78, 5) is 15.3. The molecule has 0 fully saturated rings. The summed E-state index contributed by atoms with van der Waals surface area (Å²) in [5.41, 5.74) is 3.24. The summed E-state index contributed by atoms with van der Waals surface area (Å²) in [6.07, 6.45) is 0. The van der Waals surface area contributed by atoms with Gasteiger partial charge >= 0.3 is 0 Å². The van der Waals surface area contributed by atoms with Gasteiger partial charge in [0, 0.05) is 23.2 Å². The average Bonchev–Trinajstić information content (AvgIpc) is 3.11. The van der Waals surface area contributed by atoms with Crippen LogP contribution in [0.1, 0.15) is 10.4 Å². The van der Waals surface area contributed by atoms with E-state index in [1.165, 1.54) is 0 Å². The first-order chi connectivity index (χ1) is 15.1. The van der Waals surface area contributed by atoms with Crippen molar-refractivity contribution in [2.24, 2.45) is 0 Å². The Bertz CT molecular complexity index is 1250. The van der Waals surface area contributed by atoms with Crippen molar-refractivity contribution in [3.63, 3.8) is 0 Å². The van der Waals surface area contributed by atoms with Gasteiger partial charge in [0.2, 0.25) is 0 Å². The van der Waals surface area contributed by atoms with E-state index >= 15 is 0 Å². The lowest BCUT2D eigenvalue weighted by molar-refractivity contribution is 0.0933. The van der Waals surface area contributed by atoms with Crippen molar-refractivity contribution in [2.45, 2.75) is 6.73 Å². The molecule has 160 valence electrons. The molecule has 1 amide bonds. The van der Waals surface area contributed by atoms with Gasteiger partial charge < -0.3 is 18.8 Å². The molecule has 4 rings (SSSR count). The second-order valence-corrected chi connectivity index (χ2v) is 8.17. The van der Waals surface area contributed by atoms with Crippen molar-refractivity contribution in [2.75, 3.05) is 33.0 Å². The Morgan fingerprint density at radius 2 is 1.68 bits per heavy atom. The first-order valence-electron chi connectivity index (χ1n) is 9.74. The van der Waals surface area contributed by atoms with Gasteiger partial charge in [0.05, 0.1) is 34.8 Å². The summed E-state index contributed by atoms with van der Waals surface area (Å²) < 4.78 is 19.7. The SMILES string of the molecule is COCN(C(=O)c1ccc2c(c1OC)c1ccccc1n2COC)c1ccccc1I. The lowest BCUT2D eigenvalue weighted by Crippen LogP contribution is -2.33. The molecule has 7 heteroatoms. The molecule has 4 aromatic rings. The molecule has 1 aromatic heterocycles. The number of methoxy groups -OCH3 is 3. The van der Waals surface area contributed by atoms with Crippen LogP contribution in [0.2, 0.25) is 0 Å². The standard InChI is InChI=1S/C24H23IN2O4/c1-29-14-26-19-10-6-4-8-16(19)22-21(26)13-12-17(23(22)31-3)24(28)27(15-30-2)20-11-7-5-9-18(20)25/h4-13H,14-15H2,1-3H3. The third-order valence-electron chi connectivity index (χ3n) is 5.23. The van der Waals surface area contributed by atoms with E-state index in [4.69, 9.17) is 14.2 Å². The average molecular weight is 530 g/mol. The Morgan fingerprint density at radius 1 is 0.935 bits per heavy atom. The highest BCUT2D eigenvalue weighted by Crippen LogP contribution is 2.39. The second-order valence-electron chi connectivity index (χ2n) is 7.01. The number of hydrogen-bond donors (Lipinski definition) is 0. The van der Waals surface area contributed by atoms with E-state index in [-0.39, 0.29) is 12.6 Å². The van der Waals surface area contributed by atoms with E-state index in [0.29, 0.717) is 18.0 Å². The molecule has 0 saturated heterocycles. The van der Waals surface area contributed by atoms with Crippen molar-refractivity contribution >= 4 is 56.0 Å². The summed E-state index contributed by atoms with van der Waals surface area (Å²) in [7, 11) is 4.84. The van der Waals surface area contributed by atoms with Crippen LogP contribution in [0.3, 0.4) is 0 Å². The minimum atomic E-state index is -0.187. The fourth-order valence-corrected chi connectivity index (χ4v) is 4.62. The largest absolute Gasteiger partial charge is 0.495 e. The van der Waals surface area contributed by atoms with Crippen LogP contribution in [0.15, 0.2) is 60.7 Å². The minimum absolute atomic E-state index is 0.130. The summed E-state index contributed by atoms with van der Waals surface area (Å²) in [6, 6.07) is 19.5. The molecular weight excluding hydrogens is 507 g/mol. The molecule has 3 aromatic carbocycles. The first kappa shape index (κ1) is 21.6. The van der Waals surface area contributed by atoms with Crippen molar-refractivity contribution in [3.8, 4) is 5.75 Å². The van der Waals surface area contributed by atoms with Crippen LogP contribution in [0.4, 0.5) is 5.69 Å². The van der Waals surface area contributed by atoms with Crippen molar-refractivity contribution in [1.29, 1.82) is 0 Å². The summed E-state index contributed by atoms with van der Waals surface area (Å²) in [5.74, 6) is 0.355. The molecule has 0 aliphatic rings. The van der Waals surface area contributed by atoms with E-state index in [1.807, 2.05) is 60.7 Å². The van der Waals surface area contributed by atoms with Gasteiger partial charge in [-0.25, -0.2) is 0 Å². The number of fused-ring (bicyclic) bond motifs is 3. The smallest absolute Gasteiger partial charge is 0.263 e. The number of hydrogen-bond acceptors (Lipinski definition) is 4. The zero-order valence-corrected chi connectivity index (χ0v) is 19.8. The Kier molecular flexibility index (Phi) is 6.45. The molecule has 6 nitrogen and oxygen atoms in total. The minimum Gasteiger partial charge on any atom is -0.495 e. The zero-order chi connectivity index (χ0) is 22.0. The third-order valence-corrected chi connectivity index (χ3v) is 6.14. The van der Waals surface area contributed by atoms with Crippen LogP contribution in [0.25, 0.3) is 21.8 Å². The fourth-order valence-electron chi connectivity index (χ4n) is 3.94. The molecule has 1 heterocycles. The highest BCUT2D eigenvalue weighted by atomic mass is 127. The number of carbonyl (C=O) groups is 1.